The van der Waals surface area contributed by atoms with E-state index in [1.54, 1.807) is 6.07 Å². The molecule has 88 valence electrons. The summed E-state index contributed by atoms with van der Waals surface area (Å²) in [7, 11) is 0. The fourth-order valence-corrected chi connectivity index (χ4v) is 3.82. The molecule has 2 rings (SSSR count). The van der Waals surface area contributed by atoms with Crippen molar-refractivity contribution >= 4 is 55.1 Å². The molecular formula is C13H8Br2Cl2. The van der Waals surface area contributed by atoms with E-state index < -0.39 is 0 Å². The maximum atomic E-state index is 6.20. The van der Waals surface area contributed by atoms with E-state index in [0.29, 0.717) is 10.0 Å². The maximum absolute atomic E-state index is 6.20. The van der Waals surface area contributed by atoms with E-state index in [1.807, 2.05) is 30.3 Å². The molecule has 0 saturated carbocycles. The molecule has 2 aromatic carbocycles. The number of hydrogen-bond acceptors (Lipinski definition) is 0. The van der Waals surface area contributed by atoms with Gasteiger partial charge >= 0.3 is 0 Å². The van der Waals surface area contributed by atoms with Gasteiger partial charge in [0.2, 0.25) is 0 Å². The Morgan fingerprint density at radius 1 is 0.941 bits per heavy atom. The summed E-state index contributed by atoms with van der Waals surface area (Å²) in [6.07, 6.45) is 0. The molecular weight excluding hydrogens is 387 g/mol. The number of benzene rings is 2. The molecule has 0 spiro atoms. The minimum atomic E-state index is 0.0443. The lowest BCUT2D eigenvalue weighted by atomic mass is 10.1. The minimum Gasteiger partial charge on any atom is -0.0843 e. The molecule has 4 heteroatoms. The van der Waals surface area contributed by atoms with E-state index in [4.69, 9.17) is 23.2 Å². The highest BCUT2D eigenvalue weighted by atomic mass is 79.9. The van der Waals surface area contributed by atoms with Gasteiger partial charge in [0.1, 0.15) is 0 Å². The lowest BCUT2D eigenvalue weighted by molar-refractivity contribution is 1.16. The van der Waals surface area contributed by atoms with Gasteiger partial charge in [-0.2, -0.15) is 0 Å². The molecule has 17 heavy (non-hydrogen) atoms. The van der Waals surface area contributed by atoms with Crippen molar-refractivity contribution in [3.63, 3.8) is 0 Å². The smallest absolute Gasteiger partial charge is 0.0670 e. The quantitative estimate of drug-likeness (QED) is 0.529. The van der Waals surface area contributed by atoms with Crippen molar-refractivity contribution in [2.45, 2.75) is 4.83 Å². The molecule has 0 aromatic heterocycles. The van der Waals surface area contributed by atoms with Crippen molar-refractivity contribution in [1.82, 2.24) is 0 Å². The van der Waals surface area contributed by atoms with Crippen LogP contribution in [0, 0.1) is 0 Å². The van der Waals surface area contributed by atoms with Gasteiger partial charge in [0, 0.05) is 14.5 Å². The Morgan fingerprint density at radius 3 is 2.29 bits per heavy atom. The average Bonchev–Trinajstić information content (AvgIpc) is 2.29. The summed E-state index contributed by atoms with van der Waals surface area (Å²) >= 11 is 19.3. The zero-order valence-corrected chi connectivity index (χ0v) is 13.3. The second-order valence-corrected chi connectivity index (χ2v) is 6.16. The summed E-state index contributed by atoms with van der Waals surface area (Å²) in [5.41, 5.74) is 2.14. The normalized spacial score (nSPS) is 12.5. The third kappa shape index (κ3) is 3.05. The highest BCUT2D eigenvalue weighted by Gasteiger charge is 2.16. The van der Waals surface area contributed by atoms with E-state index >= 15 is 0 Å². The van der Waals surface area contributed by atoms with Gasteiger partial charge in [0.15, 0.2) is 0 Å². The SMILES string of the molecule is Clc1ccc(C(Br)c2ccccc2Br)c(Cl)c1. The predicted molar refractivity (Wildman–Crippen MR) is 81.4 cm³/mol. The maximum Gasteiger partial charge on any atom is 0.0670 e. The second-order valence-electron chi connectivity index (χ2n) is 3.55. The van der Waals surface area contributed by atoms with Crippen LogP contribution in [0.4, 0.5) is 0 Å². The van der Waals surface area contributed by atoms with Crippen molar-refractivity contribution in [2.24, 2.45) is 0 Å². The first-order valence-corrected chi connectivity index (χ1v) is 7.39. The summed E-state index contributed by atoms with van der Waals surface area (Å²) in [4.78, 5) is 0.0443. The van der Waals surface area contributed by atoms with Crippen molar-refractivity contribution in [3.8, 4) is 0 Å². The molecule has 0 amide bonds. The average molecular weight is 395 g/mol. The van der Waals surface area contributed by atoms with Gasteiger partial charge in [-0.15, -0.1) is 0 Å². The number of halogens is 4. The van der Waals surface area contributed by atoms with Crippen LogP contribution in [0.1, 0.15) is 16.0 Å². The van der Waals surface area contributed by atoms with E-state index in [0.717, 1.165) is 15.6 Å². The first-order chi connectivity index (χ1) is 8.09. The van der Waals surface area contributed by atoms with Crippen LogP contribution in [0.2, 0.25) is 10.0 Å². The zero-order chi connectivity index (χ0) is 12.4. The highest BCUT2D eigenvalue weighted by Crippen LogP contribution is 2.39. The van der Waals surface area contributed by atoms with Gasteiger partial charge in [-0.1, -0.05) is 79.3 Å². The van der Waals surface area contributed by atoms with Gasteiger partial charge in [0.05, 0.1) is 4.83 Å². The number of rotatable bonds is 2. The number of hydrogen-bond donors (Lipinski definition) is 0. The molecule has 1 atom stereocenters. The Morgan fingerprint density at radius 2 is 1.65 bits per heavy atom. The Balaban J connectivity index is 2.44. The number of alkyl halides is 1. The van der Waals surface area contributed by atoms with Crippen LogP contribution in [0.25, 0.3) is 0 Å². The molecule has 0 N–H and O–H groups in total. The highest BCUT2D eigenvalue weighted by molar-refractivity contribution is 9.11. The summed E-state index contributed by atoms with van der Waals surface area (Å²) in [5, 5.41) is 1.31. The Hall–Kier alpha value is -0.0200. The summed E-state index contributed by atoms with van der Waals surface area (Å²) in [5.74, 6) is 0. The molecule has 1 unspecified atom stereocenters. The largest absolute Gasteiger partial charge is 0.0843 e. The molecule has 0 heterocycles. The lowest BCUT2D eigenvalue weighted by Gasteiger charge is -2.14. The Labute approximate surface area is 127 Å². The van der Waals surface area contributed by atoms with Crippen LogP contribution < -0.4 is 0 Å². The predicted octanol–water partition coefficient (Wildman–Crippen LogP) is 6.24. The monoisotopic (exact) mass is 392 g/mol. The fraction of sp³-hybridized carbons (Fsp3) is 0.0769. The van der Waals surface area contributed by atoms with Gasteiger partial charge in [0.25, 0.3) is 0 Å². The first kappa shape index (κ1) is 13.4. The van der Waals surface area contributed by atoms with Crippen molar-refractivity contribution in [3.05, 3.63) is 68.1 Å². The van der Waals surface area contributed by atoms with Gasteiger partial charge in [-0.3, -0.25) is 0 Å². The van der Waals surface area contributed by atoms with Gasteiger partial charge < -0.3 is 0 Å². The molecule has 0 aliphatic rings. The molecule has 0 bridgehead atoms. The lowest BCUT2D eigenvalue weighted by Crippen LogP contribution is -1.94. The molecule has 0 aliphatic heterocycles. The summed E-state index contributed by atoms with van der Waals surface area (Å²) < 4.78 is 1.05. The van der Waals surface area contributed by atoms with Crippen LogP contribution in [0.3, 0.4) is 0 Å². The molecule has 0 radical (unpaired) electrons. The fourth-order valence-electron chi connectivity index (χ4n) is 1.56. The van der Waals surface area contributed by atoms with E-state index in [-0.39, 0.29) is 4.83 Å². The van der Waals surface area contributed by atoms with Crippen LogP contribution in [-0.4, -0.2) is 0 Å². The Bertz CT molecular complexity index is 541. The van der Waals surface area contributed by atoms with Crippen molar-refractivity contribution in [1.29, 1.82) is 0 Å². The second kappa shape index (κ2) is 5.75. The van der Waals surface area contributed by atoms with Crippen LogP contribution >= 0.6 is 55.1 Å². The van der Waals surface area contributed by atoms with E-state index in [9.17, 15) is 0 Å². The van der Waals surface area contributed by atoms with Crippen LogP contribution in [0.5, 0.6) is 0 Å². The molecule has 2 aromatic rings. The van der Waals surface area contributed by atoms with Gasteiger partial charge in [-0.05, 0) is 29.3 Å². The van der Waals surface area contributed by atoms with Crippen molar-refractivity contribution in [2.75, 3.05) is 0 Å². The van der Waals surface area contributed by atoms with Crippen LogP contribution in [-0.2, 0) is 0 Å². The summed E-state index contributed by atoms with van der Waals surface area (Å²) in [6.45, 7) is 0. The van der Waals surface area contributed by atoms with E-state index in [2.05, 4.69) is 37.9 Å². The summed E-state index contributed by atoms with van der Waals surface area (Å²) in [6, 6.07) is 13.6. The van der Waals surface area contributed by atoms with Crippen LogP contribution in [0.15, 0.2) is 46.9 Å². The van der Waals surface area contributed by atoms with E-state index in [1.165, 1.54) is 0 Å². The topological polar surface area (TPSA) is 0 Å². The molecule has 0 aliphatic carbocycles. The van der Waals surface area contributed by atoms with Crippen molar-refractivity contribution < 1.29 is 0 Å². The zero-order valence-electron chi connectivity index (χ0n) is 8.63. The third-order valence-corrected chi connectivity index (χ3v) is 4.68. The molecule has 0 fully saturated rings. The molecule has 0 nitrogen and oxygen atoms in total. The van der Waals surface area contributed by atoms with Gasteiger partial charge in [-0.25, -0.2) is 0 Å². The standard InChI is InChI=1S/C13H8Br2Cl2/c14-11-4-2-1-3-9(11)13(15)10-6-5-8(16)7-12(10)17/h1-7,13H. The minimum absolute atomic E-state index is 0.0443. The first-order valence-electron chi connectivity index (χ1n) is 4.93. The Kier molecular flexibility index (Phi) is 4.53. The molecule has 0 saturated heterocycles. The third-order valence-electron chi connectivity index (χ3n) is 2.41.